The van der Waals surface area contributed by atoms with Gasteiger partial charge in [-0.15, -0.1) is 0 Å². The zero-order valence-corrected chi connectivity index (χ0v) is 13.0. The highest BCUT2D eigenvalue weighted by Crippen LogP contribution is 2.12. The number of ether oxygens (including phenoxy) is 1. The van der Waals surface area contributed by atoms with E-state index in [1.54, 1.807) is 12.3 Å². The highest BCUT2D eigenvalue weighted by molar-refractivity contribution is 5.93. The molecule has 2 N–H and O–H groups in total. The Morgan fingerprint density at radius 2 is 2.14 bits per heavy atom. The van der Waals surface area contributed by atoms with Gasteiger partial charge in [-0.3, -0.25) is 9.89 Å². The molecule has 0 aliphatic heterocycles. The maximum Gasteiger partial charge on any atom is 0.291 e. The lowest BCUT2D eigenvalue weighted by Crippen LogP contribution is -2.18. The monoisotopic (exact) mass is 300 g/mol. The minimum Gasteiger partial charge on any atom is -0.494 e. The molecular weight excluding hydrogens is 280 g/mol. The summed E-state index contributed by atoms with van der Waals surface area (Å²) >= 11 is 0. The SMILES string of the molecule is CCOc1ccc(/C=N\NC(=O)c2cc(C(C)C)[nH]n2)cc1. The summed E-state index contributed by atoms with van der Waals surface area (Å²) in [6, 6.07) is 9.18. The largest absolute Gasteiger partial charge is 0.494 e. The van der Waals surface area contributed by atoms with Gasteiger partial charge in [0, 0.05) is 5.69 Å². The van der Waals surface area contributed by atoms with Crippen molar-refractivity contribution >= 4 is 12.1 Å². The molecule has 0 radical (unpaired) electrons. The molecule has 1 amide bonds. The third-order valence-electron chi connectivity index (χ3n) is 3.02. The van der Waals surface area contributed by atoms with E-state index < -0.39 is 0 Å². The molecule has 2 rings (SSSR count). The average molecular weight is 300 g/mol. The van der Waals surface area contributed by atoms with Gasteiger partial charge in [0.15, 0.2) is 5.69 Å². The highest BCUT2D eigenvalue weighted by Gasteiger charge is 2.11. The second-order valence-electron chi connectivity index (χ2n) is 5.06. The van der Waals surface area contributed by atoms with Crippen LogP contribution in [0.3, 0.4) is 0 Å². The first-order chi connectivity index (χ1) is 10.6. The topological polar surface area (TPSA) is 79.4 Å². The van der Waals surface area contributed by atoms with Crippen LogP contribution in [0.4, 0.5) is 0 Å². The van der Waals surface area contributed by atoms with Gasteiger partial charge < -0.3 is 4.74 Å². The molecule has 0 spiro atoms. The lowest BCUT2D eigenvalue weighted by molar-refractivity contribution is 0.0950. The predicted octanol–water partition coefficient (Wildman–Crippen LogP) is 2.70. The second kappa shape index (κ2) is 7.40. The minimum absolute atomic E-state index is 0.293. The summed E-state index contributed by atoms with van der Waals surface area (Å²) in [6.45, 7) is 6.62. The van der Waals surface area contributed by atoms with Crippen LogP contribution in [-0.4, -0.2) is 28.9 Å². The van der Waals surface area contributed by atoms with E-state index in [4.69, 9.17) is 4.74 Å². The molecule has 0 aliphatic carbocycles. The average Bonchev–Trinajstić information content (AvgIpc) is 2.99. The van der Waals surface area contributed by atoms with Crippen LogP contribution in [0.25, 0.3) is 0 Å². The van der Waals surface area contributed by atoms with Gasteiger partial charge in [0.05, 0.1) is 12.8 Å². The van der Waals surface area contributed by atoms with Gasteiger partial charge in [-0.1, -0.05) is 13.8 Å². The molecule has 116 valence electrons. The first-order valence-corrected chi connectivity index (χ1v) is 7.21. The lowest BCUT2D eigenvalue weighted by Gasteiger charge is -2.02. The Morgan fingerprint density at radius 3 is 2.73 bits per heavy atom. The Morgan fingerprint density at radius 1 is 1.41 bits per heavy atom. The molecule has 0 atom stereocenters. The van der Waals surface area contributed by atoms with Gasteiger partial charge in [-0.2, -0.15) is 10.2 Å². The summed E-state index contributed by atoms with van der Waals surface area (Å²) in [5.74, 6) is 0.758. The van der Waals surface area contributed by atoms with Crippen molar-refractivity contribution in [1.82, 2.24) is 15.6 Å². The van der Waals surface area contributed by atoms with Crippen molar-refractivity contribution in [1.29, 1.82) is 0 Å². The van der Waals surface area contributed by atoms with Crippen molar-refractivity contribution in [2.75, 3.05) is 6.61 Å². The number of rotatable bonds is 6. The second-order valence-corrected chi connectivity index (χ2v) is 5.06. The van der Waals surface area contributed by atoms with Crippen molar-refractivity contribution in [3.05, 3.63) is 47.3 Å². The Balaban J connectivity index is 1.92. The Bertz CT molecular complexity index is 644. The Labute approximate surface area is 129 Å². The number of carbonyl (C=O) groups excluding carboxylic acids is 1. The van der Waals surface area contributed by atoms with Gasteiger partial charge in [-0.05, 0) is 48.7 Å². The standard InChI is InChI=1S/C16H20N4O2/c1-4-22-13-7-5-12(6-8-13)10-17-20-16(21)15-9-14(11(2)3)18-19-15/h5-11H,4H2,1-3H3,(H,18,19)(H,20,21)/b17-10-. The molecule has 6 nitrogen and oxygen atoms in total. The van der Waals surface area contributed by atoms with Crippen LogP contribution in [0.2, 0.25) is 0 Å². The number of nitrogens with one attached hydrogen (secondary N) is 2. The first-order valence-electron chi connectivity index (χ1n) is 7.21. The van der Waals surface area contributed by atoms with Crippen LogP contribution in [0.5, 0.6) is 5.75 Å². The molecule has 1 aromatic heterocycles. The van der Waals surface area contributed by atoms with Gasteiger partial charge in [0.25, 0.3) is 5.91 Å². The molecule has 2 aromatic rings. The van der Waals surface area contributed by atoms with Crippen molar-refractivity contribution in [2.24, 2.45) is 5.10 Å². The third-order valence-corrected chi connectivity index (χ3v) is 3.02. The van der Waals surface area contributed by atoms with Gasteiger partial charge in [-0.25, -0.2) is 5.43 Å². The van der Waals surface area contributed by atoms with Gasteiger partial charge >= 0.3 is 0 Å². The van der Waals surface area contributed by atoms with Crippen LogP contribution in [0, 0.1) is 0 Å². The molecule has 0 saturated carbocycles. The molecule has 0 fully saturated rings. The van der Waals surface area contributed by atoms with Gasteiger partial charge in [0.1, 0.15) is 5.75 Å². The van der Waals surface area contributed by atoms with E-state index in [-0.39, 0.29) is 5.91 Å². The molecule has 0 bridgehead atoms. The molecular formula is C16H20N4O2. The summed E-state index contributed by atoms with van der Waals surface area (Å²) in [7, 11) is 0. The summed E-state index contributed by atoms with van der Waals surface area (Å²) < 4.78 is 5.36. The lowest BCUT2D eigenvalue weighted by atomic mass is 10.1. The number of H-pyrrole nitrogens is 1. The number of carbonyl (C=O) groups is 1. The number of amides is 1. The zero-order valence-electron chi connectivity index (χ0n) is 13.0. The van der Waals surface area contributed by atoms with Crippen molar-refractivity contribution in [3.8, 4) is 5.75 Å². The smallest absolute Gasteiger partial charge is 0.291 e. The van der Waals surface area contributed by atoms with E-state index >= 15 is 0 Å². The fourth-order valence-corrected chi connectivity index (χ4v) is 1.79. The number of benzene rings is 1. The number of hydrogen-bond acceptors (Lipinski definition) is 4. The van der Waals surface area contributed by atoms with Crippen molar-refractivity contribution < 1.29 is 9.53 Å². The maximum absolute atomic E-state index is 11.9. The van der Waals surface area contributed by atoms with Crippen LogP contribution in [0.1, 0.15) is 48.4 Å². The molecule has 6 heteroatoms. The van der Waals surface area contributed by atoms with Crippen molar-refractivity contribution in [2.45, 2.75) is 26.7 Å². The van der Waals surface area contributed by atoms with E-state index in [1.165, 1.54) is 0 Å². The maximum atomic E-state index is 11.9. The number of aromatic nitrogens is 2. The van der Waals surface area contributed by atoms with Crippen LogP contribution >= 0.6 is 0 Å². The van der Waals surface area contributed by atoms with Crippen LogP contribution in [-0.2, 0) is 0 Å². The minimum atomic E-state index is -0.342. The fraction of sp³-hybridized carbons (Fsp3) is 0.312. The van der Waals surface area contributed by atoms with E-state index in [0.29, 0.717) is 18.2 Å². The molecule has 1 heterocycles. The summed E-state index contributed by atoms with van der Waals surface area (Å²) in [5.41, 5.74) is 4.57. The van der Waals surface area contributed by atoms with Crippen molar-refractivity contribution in [3.63, 3.8) is 0 Å². The molecule has 0 aliphatic rings. The molecule has 22 heavy (non-hydrogen) atoms. The van der Waals surface area contributed by atoms with Crippen LogP contribution < -0.4 is 10.2 Å². The Hall–Kier alpha value is -2.63. The summed E-state index contributed by atoms with van der Waals surface area (Å²) in [6.07, 6.45) is 1.57. The van der Waals surface area contributed by atoms with E-state index in [1.807, 2.05) is 45.0 Å². The number of aromatic amines is 1. The number of hydrazone groups is 1. The predicted molar refractivity (Wildman–Crippen MR) is 85.3 cm³/mol. The summed E-state index contributed by atoms with van der Waals surface area (Å²) in [5, 5.41) is 10.7. The molecule has 0 unspecified atom stereocenters. The van der Waals surface area contributed by atoms with Gasteiger partial charge in [0.2, 0.25) is 0 Å². The van der Waals surface area contributed by atoms with E-state index in [2.05, 4.69) is 20.7 Å². The fourth-order valence-electron chi connectivity index (χ4n) is 1.79. The quantitative estimate of drug-likeness (QED) is 0.636. The van der Waals surface area contributed by atoms with E-state index in [9.17, 15) is 4.79 Å². The van der Waals surface area contributed by atoms with Crippen LogP contribution in [0.15, 0.2) is 35.4 Å². The normalized spacial score (nSPS) is 11.1. The van der Waals surface area contributed by atoms with E-state index in [0.717, 1.165) is 17.0 Å². The highest BCUT2D eigenvalue weighted by atomic mass is 16.5. The molecule has 0 saturated heterocycles. The molecule has 1 aromatic carbocycles. The summed E-state index contributed by atoms with van der Waals surface area (Å²) in [4.78, 5) is 11.9. The zero-order chi connectivity index (χ0) is 15.9. The first kappa shape index (κ1) is 15.8. The third kappa shape index (κ3) is 4.18. The number of nitrogens with zero attached hydrogens (tertiary/aromatic N) is 2. The Kier molecular flexibility index (Phi) is 5.30. The number of hydrogen-bond donors (Lipinski definition) is 2.